The van der Waals surface area contributed by atoms with Gasteiger partial charge in [-0.15, -0.1) is 0 Å². The molecule has 92 heavy (non-hydrogen) atoms. The van der Waals surface area contributed by atoms with Crippen molar-refractivity contribution in [1.82, 2.24) is 30.0 Å². The molecule has 4 aliphatic carbocycles. The van der Waals surface area contributed by atoms with Crippen LogP contribution in [-0.2, 0) is 27.7 Å². The Hall–Kier alpha value is -5.39. The molecular formula is C56H82F2N8O22P4. The lowest BCUT2D eigenvalue weighted by atomic mass is 10.1. The highest BCUT2D eigenvalue weighted by Gasteiger charge is 2.53. The van der Waals surface area contributed by atoms with Crippen LogP contribution in [-0.4, -0.2) is 172 Å². The molecule has 0 spiro atoms. The average Bonchev–Trinajstić information content (AvgIpc) is 1.27. The van der Waals surface area contributed by atoms with Crippen LogP contribution in [0, 0.1) is 11.6 Å². The number of carbonyl (C=O) groups excluding carboxylic acids is 2. The molecule has 2 aliphatic heterocycles. The third-order valence-corrected chi connectivity index (χ3v) is 23.9. The second-order valence-electron chi connectivity index (χ2n) is 24.1. The molecule has 2 saturated heterocycles. The van der Waals surface area contributed by atoms with Crippen LogP contribution >= 0.6 is 30.4 Å². The topological polar surface area (TPSA) is 428 Å². The summed E-state index contributed by atoms with van der Waals surface area (Å²) in [4.78, 5) is 144. The van der Waals surface area contributed by atoms with E-state index in [0.29, 0.717) is 85.8 Å². The van der Waals surface area contributed by atoms with Crippen molar-refractivity contribution in [2.75, 3.05) is 70.1 Å². The minimum absolute atomic E-state index is 0.0445. The van der Waals surface area contributed by atoms with E-state index in [4.69, 9.17) is 38.5 Å². The second kappa shape index (κ2) is 30.1. The number of nitrogens with one attached hydrogen (secondary N) is 3. The number of amides is 1. The highest BCUT2D eigenvalue weighted by atomic mass is 31.2. The van der Waals surface area contributed by atoms with Crippen molar-refractivity contribution >= 4 is 81.6 Å². The number of aromatic carboxylic acids is 1. The zero-order valence-corrected chi connectivity index (χ0v) is 54.9. The number of anilines is 2. The smallest absolute Gasteiger partial charge is 0.414 e. The zero-order valence-electron chi connectivity index (χ0n) is 51.3. The van der Waals surface area contributed by atoms with Crippen molar-refractivity contribution in [3.8, 4) is 11.5 Å². The Kier molecular flexibility index (Phi) is 23.7. The number of carboxylic acids is 1. The number of hydrogen-bond acceptors (Lipinski definition) is 18. The molecule has 4 saturated carbocycles. The number of benzene rings is 2. The number of hydrogen-bond donors (Lipinski definition) is 12. The van der Waals surface area contributed by atoms with E-state index in [1.807, 2.05) is 23.6 Å². The molecule has 12 N–H and O–H groups in total. The van der Waals surface area contributed by atoms with Crippen molar-refractivity contribution < 1.29 is 105 Å². The Morgan fingerprint density at radius 2 is 1.03 bits per heavy atom. The van der Waals surface area contributed by atoms with Gasteiger partial charge in [0.05, 0.1) is 36.0 Å². The zero-order chi connectivity index (χ0) is 67.4. The molecule has 10 rings (SSSR count). The second-order valence-corrected chi connectivity index (χ2v) is 31.7. The number of carbonyl (C=O) groups is 3. The summed E-state index contributed by atoms with van der Waals surface area (Å²) < 4.78 is 102. The maximum absolute atomic E-state index is 15.7. The van der Waals surface area contributed by atoms with Gasteiger partial charge < -0.3 is 92.8 Å². The van der Waals surface area contributed by atoms with Crippen molar-refractivity contribution in [3.63, 3.8) is 0 Å². The first-order valence-electron chi connectivity index (χ1n) is 30.5. The Morgan fingerprint density at radius 3 is 1.41 bits per heavy atom. The van der Waals surface area contributed by atoms with Gasteiger partial charge in [-0.05, 0) is 77.3 Å². The van der Waals surface area contributed by atoms with Gasteiger partial charge in [-0.2, -0.15) is 0 Å². The summed E-state index contributed by atoms with van der Waals surface area (Å²) in [5.74, 6) is -3.38. The monoisotopic (exact) mass is 1380 g/mol. The van der Waals surface area contributed by atoms with Gasteiger partial charge in [0.2, 0.25) is 28.7 Å². The first-order valence-corrected chi connectivity index (χ1v) is 37.2. The fourth-order valence-corrected chi connectivity index (χ4v) is 17.7. The van der Waals surface area contributed by atoms with E-state index < -0.39 is 100 Å². The van der Waals surface area contributed by atoms with Gasteiger partial charge in [0.15, 0.2) is 23.1 Å². The maximum Gasteiger partial charge on any atom is 0.414 e. The summed E-state index contributed by atoms with van der Waals surface area (Å²) in [5, 5.41) is 18.4. The molecule has 4 heterocycles. The molecule has 0 radical (unpaired) electrons. The van der Waals surface area contributed by atoms with Gasteiger partial charge in [0.1, 0.15) is 22.5 Å². The number of halogens is 2. The molecule has 0 bridgehead atoms. The number of carboxylic acid groups (broad SMARTS) is 1. The Bertz CT molecular complexity index is 3640. The number of methoxy groups -OCH3 is 2. The molecule has 1 amide bonds. The minimum Gasteiger partial charge on any atom is -0.492 e. The van der Waals surface area contributed by atoms with Crippen LogP contribution in [0.1, 0.15) is 149 Å². The Morgan fingerprint density at radius 1 is 0.620 bits per heavy atom. The summed E-state index contributed by atoms with van der Waals surface area (Å²) in [6.45, 7) is 6.40. The van der Waals surface area contributed by atoms with E-state index >= 15 is 8.78 Å². The van der Waals surface area contributed by atoms with Crippen LogP contribution in [0.4, 0.5) is 25.0 Å². The molecule has 2 atom stereocenters. The van der Waals surface area contributed by atoms with E-state index in [2.05, 4.69) is 16.0 Å². The molecule has 2 aromatic carbocycles. The summed E-state index contributed by atoms with van der Waals surface area (Å²) in [6, 6.07) is 1.28. The predicted molar refractivity (Wildman–Crippen MR) is 333 cm³/mol. The van der Waals surface area contributed by atoms with E-state index in [1.54, 1.807) is 9.13 Å². The van der Waals surface area contributed by atoms with Crippen LogP contribution in [0.25, 0.3) is 21.8 Å². The third-order valence-electron chi connectivity index (χ3n) is 17.0. The van der Waals surface area contributed by atoms with Crippen LogP contribution in [0.5, 0.6) is 11.5 Å². The van der Waals surface area contributed by atoms with E-state index in [-0.39, 0.29) is 70.8 Å². The number of ether oxygens (including phenoxy) is 4. The van der Waals surface area contributed by atoms with Crippen molar-refractivity contribution in [2.24, 2.45) is 0 Å². The molecule has 6 aliphatic rings. The Labute approximate surface area is 527 Å². The number of pyridine rings is 2. The van der Waals surface area contributed by atoms with Crippen LogP contribution < -0.4 is 46.1 Å². The molecule has 36 heteroatoms. The van der Waals surface area contributed by atoms with Gasteiger partial charge in [0.25, 0.3) is 0 Å². The number of esters is 1. The summed E-state index contributed by atoms with van der Waals surface area (Å²) in [7, 11) is -18.1. The molecule has 2 aromatic heterocycles. The molecule has 2 unspecified atom stereocenters. The van der Waals surface area contributed by atoms with Crippen molar-refractivity contribution in [2.45, 2.75) is 164 Å². The summed E-state index contributed by atoms with van der Waals surface area (Å²) in [6.07, 6.45) is 12.7. The average molecular weight is 1380 g/mol. The lowest BCUT2D eigenvalue weighted by molar-refractivity contribution is -0.0171. The molecule has 512 valence electrons. The SMILES string of the molecule is COc1c(N2CCNC(C)C2)c(F)cc2c(=O)c(C(=O)O)cn(C3CC3)c12.COc1c(N2CCNC(C)C2)c(F)cc2c(=O)c(C(=O)OCOC(=O)N(C3CCCCCC3)C(P(=O)(O)O)P(=O)(O)O)cn(C3CC3)c12.O=P(O)(O)C(NC1CCCCCC1)P(=O)(O)O. The van der Waals surface area contributed by atoms with Crippen LogP contribution in [0.2, 0.25) is 0 Å². The third kappa shape index (κ3) is 17.4. The van der Waals surface area contributed by atoms with Gasteiger partial charge in [-0.1, -0.05) is 51.4 Å². The first-order chi connectivity index (χ1) is 43.3. The molecule has 30 nitrogen and oxygen atoms in total. The maximum atomic E-state index is 15.7. The lowest BCUT2D eigenvalue weighted by Crippen LogP contribution is -2.49. The molecule has 4 aromatic rings. The lowest BCUT2D eigenvalue weighted by Gasteiger charge is -2.36. The highest BCUT2D eigenvalue weighted by Crippen LogP contribution is 2.62. The van der Waals surface area contributed by atoms with Gasteiger partial charge in [-0.3, -0.25) is 38.1 Å². The van der Waals surface area contributed by atoms with E-state index in [0.717, 1.165) is 82.9 Å². The number of rotatable bonds is 18. The Balaban J connectivity index is 0.000000206. The fraction of sp³-hybridized carbons (Fsp3) is 0.625. The predicted octanol–water partition coefficient (Wildman–Crippen LogP) is 6.12. The normalized spacial score (nSPS) is 20.0. The molecular weight excluding hydrogens is 1300 g/mol. The van der Waals surface area contributed by atoms with E-state index in [9.17, 15) is 66.9 Å². The standard InChI is InChI=1S/C29H41FN4O12P2.C19H22FN3O4.C8H19NO6P2/c1-17-14-32(12-11-31-17)24-22(30)13-20-23(26(24)44-2)33(18-9-10-18)15-21(25(20)35)27(36)45-16-46-28(37)34(19-7-5-3-4-6-8-19)29(47(38,39)40)48(41,42)43;1-10-8-22(6-5-21-10)16-14(20)7-12-15(18(16)27-2)23(11-3-4-11)9-13(17(12)24)19(25)26;10-16(11,12)8(17(13,14)15)9-7-5-3-1-2-4-6-7/h13,15,17-19,29,31H,3-12,14,16H2,1-2H3,(H2,38,39,40)(H2,41,42,43);7,9-11,21H,3-6,8H2,1-2H3,(H,25,26);7-9H,1-6H2,(H2,10,11,12)(H2,13,14,15). The van der Waals surface area contributed by atoms with Crippen molar-refractivity contribution in [3.05, 3.63) is 67.7 Å². The van der Waals surface area contributed by atoms with Crippen molar-refractivity contribution in [1.29, 1.82) is 0 Å². The quantitative estimate of drug-likeness (QED) is 0.0231. The highest BCUT2D eigenvalue weighted by molar-refractivity contribution is 7.71. The number of nitrogens with zero attached hydrogens (tertiary/aromatic N) is 5. The summed E-state index contributed by atoms with van der Waals surface area (Å²) in [5.41, 5.74) is -5.94. The number of aromatic nitrogens is 2. The van der Waals surface area contributed by atoms with Crippen LogP contribution in [0.3, 0.4) is 0 Å². The first kappa shape index (κ1) is 72.4. The van der Waals surface area contributed by atoms with Gasteiger partial charge >= 0.3 is 48.4 Å². The molecule has 6 fully saturated rings. The summed E-state index contributed by atoms with van der Waals surface area (Å²) >= 11 is 0. The van der Waals surface area contributed by atoms with Crippen LogP contribution in [0.15, 0.2) is 34.1 Å². The van der Waals surface area contributed by atoms with E-state index in [1.165, 1.54) is 26.6 Å². The van der Waals surface area contributed by atoms with Gasteiger partial charge in [-0.25, -0.2) is 23.2 Å². The largest absolute Gasteiger partial charge is 0.492 e. The minimum atomic E-state index is -5.59. The fourth-order valence-electron chi connectivity index (χ4n) is 12.5. The van der Waals surface area contributed by atoms with Gasteiger partial charge in [0, 0.05) is 87.9 Å². The number of fused-ring (bicyclic) bond motifs is 2. The number of piperazine rings is 2.